The summed E-state index contributed by atoms with van der Waals surface area (Å²) >= 11 is 0. The van der Waals surface area contributed by atoms with E-state index in [1.54, 1.807) is 6.08 Å². The average Bonchev–Trinajstić information content (AvgIpc) is 2.92. The number of nitrogens with one attached hydrogen (secondary N) is 1. The van der Waals surface area contributed by atoms with E-state index in [4.69, 9.17) is 0 Å². The minimum atomic E-state index is -4.33. The van der Waals surface area contributed by atoms with Gasteiger partial charge >= 0.3 is 0 Å². The zero-order chi connectivity index (χ0) is 30.4. The largest absolute Gasteiger partial charge is 0.387 e. The molecule has 0 saturated heterocycles. The fourth-order valence-electron chi connectivity index (χ4n) is 5.03. The Balaban J connectivity index is 3.96. The van der Waals surface area contributed by atoms with Gasteiger partial charge in [0, 0.05) is 6.42 Å². The Kier molecular flexibility index (Phi) is 28.1. The SMILES string of the molecule is CCCCCCCC/C=C\CCCCCCCCCC(=O)NC(CS(=O)(=O)O)C(O)/C=C/CCCCCCCCC. The maximum absolute atomic E-state index is 12.4. The first kappa shape index (κ1) is 39.8. The molecule has 0 aromatic heterocycles. The van der Waals surface area contributed by atoms with Crippen LogP contribution in [-0.4, -0.2) is 41.9 Å². The fourth-order valence-corrected chi connectivity index (χ4v) is 5.76. The highest BCUT2D eigenvalue weighted by atomic mass is 32.2. The number of rotatable bonds is 30. The fraction of sp³-hybridized carbons (Fsp3) is 0.853. The van der Waals surface area contributed by atoms with E-state index in [0.29, 0.717) is 6.42 Å². The third-order valence-electron chi connectivity index (χ3n) is 7.62. The van der Waals surface area contributed by atoms with Gasteiger partial charge in [-0.3, -0.25) is 9.35 Å². The van der Waals surface area contributed by atoms with E-state index in [1.165, 1.54) is 103 Å². The number of aliphatic hydroxyl groups is 1. The van der Waals surface area contributed by atoms with Crippen LogP contribution in [0.2, 0.25) is 0 Å². The van der Waals surface area contributed by atoms with Crippen LogP contribution in [0.5, 0.6) is 0 Å². The van der Waals surface area contributed by atoms with Gasteiger partial charge in [-0.15, -0.1) is 0 Å². The Morgan fingerprint density at radius 3 is 1.46 bits per heavy atom. The number of hydrogen-bond acceptors (Lipinski definition) is 4. The Bertz CT molecular complexity index is 750. The molecule has 7 heteroatoms. The number of aliphatic hydroxyl groups excluding tert-OH is 1. The third kappa shape index (κ3) is 30.1. The number of hydrogen-bond donors (Lipinski definition) is 3. The smallest absolute Gasteiger partial charge is 0.267 e. The van der Waals surface area contributed by atoms with Crippen molar-refractivity contribution in [3.05, 3.63) is 24.3 Å². The van der Waals surface area contributed by atoms with Crippen LogP contribution in [0.1, 0.15) is 168 Å². The first-order valence-electron chi connectivity index (χ1n) is 17.0. The van der Waals surface area contributed by atoms with Crippen LogP contribution in [-0.2, 0) is 14.9 Å². The molecular weight excluding hydrogens is 534 g/mol. The molecule has 0 bridgehead atoms. The van der Waals surface area contributed by atoms with Crippen LogP contribution in [0.3, 0.4) is 0 Å². The van der Waals surface area contributed by atoms with Crippen molar-refractivity contribution >= 4 is 16.0 Å². The van der Waals surface area contributed by atoms with Crippen molar-refractivity contribution < 1.29 is 22.9 Å². The molecule has 0 saturated carbocycles. The van der Waals surface area contributed by atoms with Crippen LogP contribution in [0.4, 0.5) is 0 Å². The first-order valence-corrected chi connectivity index (χ1v) is 18.6. The topological polar surface area (TPSA) is 104 Å². The van der Waals surface area contributed by atoms with Gasteiger partial charge < -0.3 is 10.4 Å². The maximum atomic E-state index is 12.4. The van der Waals surface area contributed by atoms with Crippen LogP contribution in [0.25, 0.3) is 0 Å². The molecule has 2 atom stereocenters. The molecule has 1 amide bonds. The Hall–Kier alpha value is -1.18. The van der Waals surface area contributed by atoms with Crippen molar-refractivity contribution in [1.82, 2.24) is 5.32 Å². The Labute approximate surface area is 254 Å². The van der Waals surface area contributed by atoms with Gasteiger partial charge in [0.15, 0.2) is 0 Å². The molecule has 0 aliphatic rings. The zero-order valence-corrected chi connectivity index (χ0v) is 27.5. The summed E-state index contributed by atoms with van der Waals surface area (Å²) in [6, 6.07) is -1.05. The van der Waals surface area contributed by atoms with Gasteiger partial charge in [-0.25, -0.2) is 0 Å². The molecule has 0 aromatic rings. The van der Waals surface area contributed by atoms with E-state index in [1.807, 2.05) is 6.08 Å². The molecule has 41 heavy (non-hydrogen) atoms. The van der Waals surface area contributed by atoms with Gasteiger partial charge in [-0.2, -0.15) is 8.42 Å². The molecule has 0 aliphatic carbocycles. The van der Waals surface area contributed by atoms with Gasteiger partial charge in [0.2, 0.25) is 5.91 Å². The summed E-state index contributed by atoms with van der Waals surface area (Å²) in [5, 5.41) is 13.1. The molecule has 0 rings (SSSR count). The van der Waals surface area contributed by atoms with Crippen molar-refractivity contribution in [3.63, 3.8) is 0 Å². The molecule has 0 heterocycles. The Morgan fingerprint density at radius 2 is 1.02 bits per heavy atom. The third-order valence-corrected chi connectivity index (χ3v) is 8.40. The van der Waals surface area contributed by atoms with Crippen molar-refractivity contribution in [2.24, 2.45) is 0 Å². The molecule has 0 spiro atoms. The maximum Gasteiger partial charge on any atom is 0.267 e. The van der Waals surface area contributed by atoms with Gasteiger partial charge in [-0.1, -0.05) is 141 Å². The van der Waals surface area contributed by atoms with Crippen LogP contribution in [0.15, 0.2) is 24.3 Å². The van der Waals surface area contributed by atoms with E-state index in [-0.39, 0.29) is 5.91 Å². The standard InChI is InChI=1S/C34H65NO5S/c1-3-5-7-9-11-13-14-15-16-17-18-19-20-22-24-26-28-30-34(37)35-32(31-41(38,39)40)33(36)29-27-25-23-21-12-10-8-6-4-2/h15-16,27,29,32-33,36H,3-14,17-26,28,30-31H2,1-2H3,(H,35,37)(H,38,39,40)/b16-15-,29-27+. The van der Waals surface area contributed by atoms with Crippen LogP contribution in [0, 0.1) is 0 Å². The molecule has 0 aromatic carbocycles. The predicted molar refractivity (Wildman–Crippen MR) is 175 cm³/mol. The monoisotopic (exact) mass is 599 g/mol. The second kappa shape index (κ2) is 28.9. The van der Waals surface area contributed by atoms with Gasteiger partial charge in [0.1, 0.15) is 0 Å². The zero-order valence-electron chi connectivity index (χ0n) is 26.7. The molecule has 0 fully saturated rings. The lowest BCUT2D eigenvalue weighted by Gasteiger charge is -2.21. The number of allylic oxidation sites excluding steroid dienone is 3. The van der Waals surface area contributed by atoms with Gasteiger partial charge in [0.05, 0.1) is 17.9 Å². The molecule has 0 radical (unpaired) electrons. The minimum Gasteiger partial charge on any atom is -0.387 e. The van der Waals surface area contributed by atoms with Crippen LogP contribution < -0.4 is 5.32 Å². The highest BCUT2D eigenvalue weighted by Crippen LogP contribution is 2.12. The summed E-state index contributed by atoms with van der Waals surface area (Å²) in [7, 11) is -4.33. The van der Waals surface area contributed by atoms with Gasteiger partial charge in [-0.05, 0) is 44.9 Å². The van der Waals surface area contributed by atoms with Crippen molar-refractivity contribution in [2.45, 2.75) is 180 Å². The second-order valence-electron chi connectivity index (χ2n) is 11.8. The molecular formula is C34H65NO5S. The second-order valence-corrected chi connectivity index (χ2v) is 13.3. The number of carbonyl (C=O) groups excluding carboxylic acids is 1. The quantitative estimate of drug-likeness (QED) is 0.0434. The van der Waals surface area contributed by atoms with E-state index < -0.39 is 28.0 Å². The van der Waals surface area contributed by atoms with E-state index in [2.05, 4.69) is 31.3 Å². The summed E-state index contributed by atoms with van der Waals surface area (Å²) < 4.78 is 32.2. The molecule has 0 aliphatic heterocycles. The summed E-state index contributed by atoms with van der Waals surface area (Å²) in [6.45, 7) is 4.46. The average molecular weight is 600 g/mol. The normalized spacial score (nSPS) is 13.8. The summed E-state index contributed by atoms with van der Waals surface area (Å²) in [5.74, 6) is -0.985. The summed E-state index contributed by atoms with van der Waals surface area (Å²) in [4.78, 5) is 12.4. The highest BCUT2D eigenvalue weighted by Gasteiger charge is 2.24. The van der Waals surface area contributed by atoms with E-state index >= 15 is 0 Å². The minimum absolute atomic E-state index is 0.286. The number of unbranched alkanes of at least 4 members (excludes halogenated alkanes) is 20. The van der Waals surface area contributed by atoms with Gasteiger partial charge in [0.25, 0.3) is 10.1 Å². The first-order chi connectivity index (χ1) is 19.8. The number of carbonyl (C=O) groups is 1. The van der Waals surface area contributed by atoms with Crippen molar-refractivity contribution in [3.8, 4) is 0 Å². The Morgan fingerprint density at radius 1 is 0.634 bits per heavy atom. The van der Waals surface area contributed by atoms with Crippen LogP contribution >= 0.6 is 0 Å². The van der Waals surface area contributed by atoms with Crippen molar-refractivity contribution in [1.29, 1.82) is 0 Å². The lowest BCUT2D eigenvalue weighted by atomic mass is 10.1. The van der Waals surface area contributed by atoms with E-state index in [9.17, 15) is 22.9 Å². The highest BCUT2D eigenvalue weighted by molar-refractivity contribution is 7.85. The molecule has 3 N–H and O–H groups in total. The molecule has 2 unspecified atom stereocenters. The molecule has 6 nitrogen and oxygen atoms in total. The molecule has 242 valence electrons. The summed E-state index contributed by atoms with van der Waals surface area (Å²) in [6.07, 6.45) is 34.5. The lowest BCUT2D eigenvalue weighted by molar-refractivity contribution is -0.122. The number of amides is 1. The lowest BCUT2D eigenvalue weighted by Crippen LogP contribution is -2.46. The summed E-state index contributed by atoms with van der Waals surface area (Å²) in [5.41, 5.74) is 0. The van der Waals surface area contributed by atoms with E-state index in [0.717, 1.165) is 44.9 Å². The van der Waals surface area contributed by atoms with Crippen molar-refractivity contribution in [2.75, 3.05) is 5.75 Å². The predicted octanol–water partition coefficient (Wildman–Crippen LogP) is 9.23.